The first kappa shape index (κ1) is 15.0. The Balaban J connectivity index is 1.69. The number of hydrogen-bond acceptors (Lipinski definition) is 3. The van der Waals surface area contributed by atoms with Crippen LogP contribution in [0.2, 0.25) is 0 Å². The molecule has 2 rings (SSSR count). The van der Waals surface area contributed by atoms with Crippen molar-refractivity contribution in [3.63, 3.8) is 0 Å². The molecule has 1 aliphatic rings. The minimum Gasteiger partial charge on any atom is -0.385 e. The lowest BCUT2D eigenvalue weighted by atomic mass is 9.95. The zero-order valence-electron chi connectivity index (χ0n) is 12.2. The lowest BCUT2D eigenvalue weighted by Gasteiger charge is -2.25. The van der Waals surface area contributed by atoms with E-state index in [1.54, 1.807) is 7.11 Å². The highest BCUT2D eigenvalue weighted by Crippen LogP contribution is 2.16. The maximum Gasteiger partial charge on any atom is 0.237 e. The van der Waals surface area contributed by atoms with Crippen LogP contribution in [0.3, 0.4) is 0 Å². The Morgan fingerprint density at radius 2 is 2.10 bits per heavy atom. The van der Waals surface area contributed by atoms with E-state index in [1.165, 1.54) is 11.1 Å². The second-order valence-corrected chi connectivity index (χ2v) is 5.25. The smallest absolute Gasteiger partial charge is 0.237 e. The molecule has 0 saturated carbocycles. The molecule has 0 saturated heterocycles. The number of carbonyl (C=O) groups excluding carboxylic acids is 1. The summed E-state index contributed by atoms with van der Waals surface area (Å²) in [6.45, 7) is 2.33. The monoisotopic (exact) mass is 276 g/mol. The molecule has 1 aromatic carbocycles. The molecule has 0 radical (unpaired) electrons. The fourth-order valence-corrected chi connectivity index (χ4v) is 2.52. The summed E-state index contributed by atoms with van der Waals surface area (Å²) < 4.78 is 5.00. The van der Waals surface area contributed by atoms with E-state index in [4.69, 9.17) is 4.74 Å². The van der Waals surface area contributed by atoms with Crippen molar-refractivity contribution in [3.8, 4) is 0 Å². The van der Waals surface area contributed by atoms with Crippen molar-refractivity contribution in [1.82, 2.24) is 10.6 Å². The standard InChI is InChI=1S/C16H24N2O2/c1-20-10-6-2-5-9-17-16(19)15-11-13-7-3-4-8-14(13)12-18-15/h3-4,7-8,15,18H,2,5-6,9-12H2,1H3,(H,17,19). The molecule has 4 nitrogen and oxygen atoms in total. The molecule has 110 valence electrons. The van der Waals surface area contributed by atoms with Crippen LogP contribution < -0.4 is 10.6 Å². The number of ether oxygens (including phenoxy) is 1. The van der Waals surface area contributed by atoms with E-state index >= 15 is 0 Å². The van der Waals surface area contributed by atoms with Crippen LogP contribution in [-0.4, -0.2) is 32.2 Å². The first-order valence-corrected chi connectivity index (χ1v) is 7.38. The van der Waals surface area contributed by atoms with Crippen LogP contribution in [0, 0.1) is 0 Å². The fourth-order valence-electron chi connectivity index (χ4n) is 2.52. The van der Waals surface area contributed by atoms with Crippen LogP contribution in [0.4, 0.5) is 0 Å². The van der Waals surface area contributed by atoms with Gasteiger partial charge in [-0.15, -0.1) is 0 Å². The van der Waals surface area contributed by atoms with Gasteiger partial charge in [0.1, 0.15) is 0 Å². The second-order valence-electron chi connectivity index (χ2n) is 5.25. The van der Waals surface area contributed by atoms with Gasteiger partial charge in [0, 0.05) is 26.8 Å². The molecule has 0 fully saturated rings. The molecule has 0 aromatic heterocycles. The third-order valence-corrected chi connectivity index (χ3v) is 3.72. The van der Waals surface area contributed by atoms with Gasteiger partial charge in [0.05, 0.1) is 6.04 Å². The van der Waals surface area contributed by atoms with Crippen molar-refractivity contribution in [2.45, 2.75) is 38.3 Å². The van der Waals surface area contributed by atoms with Gasteiger partial charge in [0.25, 0.3) is 0 Å². The maximum atomic E-state index is 12.1. The van der Waals surface area contributed by atoms with Gasteiger partial charge in [-0.1, -0.05) is 24.3 Å². The number of fused-ring (bicyclic) bond motifs is 1. The van der Waals surface area contributed by atoms with Crippen LogP contribution >= 0.6 is 0 Å². The summed E-state index contributed by atoms with van der Waals surface area (Å²) in [5, 5.41) is 6.32. The Morgan fingerprint density at radius 3 is 2.90 bits per heavy atom. The van der Waals surface area contributed by atoms with Gasteiger partial charge in [0.2, 0.25) is 5.91 Å². The third-order valence-electron chi connectivity index (χ3n) is 3.72. The number of carbonyl (C=O) groups is 1. The average Bonchev–Trinajstić information content (AvgIpc) is 2.50. The Hall–Kier alpha value is -1.39. The number of unbranched alkanes of at least 4 members (excludes halogenated alkanes) is 2. The Bertz CT molecular complexity index is 434. The summed E-state index contributed by atoms with van der Waals surface area (Å²) in [6, 6.07) is 8.22. The van der Waals surface area contributed by atoms with Crippen molar-refractivity contribution in [2.24, 2.45) is 0 Å². The first-order valence-electron chi connectivity index (χ1n) is 7.38. The Labute approximate surface area is 120 Å². The van der Waals surface area contributed by atoms with Crippen LogP contribution in [0.5, 0.6) is 0 Å². The topological polar surface area (TPSA) is 50.4 Å². The molecule has 1 aromatic rings. The highest BCUT2D eigenvalue weighted by atomic mass is 16.5. The largest absolute Gasteiger partial charge is 0.385 e. The zero-order valence-corrected chi connectivity index (χ0v) is 12.2. The molecule has 1 atom stereocenters. The predicted molar refractivity (Wildman–Crippen MR) is 79.5 cm³/mol. The molecule has 0 spiro atoms. The lowest BCUT2D eigenvalue weighted by molar-refractivity contribution is -0.123. The van der Waals surface area contributed by atoms with Crippen molar-refractivity contribution < 1.29 is 9.53 Å². The van der Waals surface area contributed by atoms with E-state index in [1.807, 2.05) is 12.1 Å². The molecule has 2 N–H and O–H groups in total. The fraction of sp³-hybridized carbons (Fsp3) is 0.562. The van der Waals surface area contributed by atoms with E-state index in [2.05, 4.69) is 22.8 Å². The molecule has 0 bridgehead atoms. The number of methoxy groups -OCH3 is 1. The SMILES string of the molecule is COCCCCCNC(=O)C1Cc2ccccc2CN1. The van der Waals surface area contributed by atoms with Crippen molar-refractivity contribution in [3.05, 3.63) is 35.4 Å². The molecule has 20 heavy (non-hydrogen) atoms. The van der Waals surface area contributed by atoms with E-state index in [9.17, 15) is 4.79 Å². The average molecular weight is 276 g/mol. The van der Waals surface area contributed by atoms with Gasteiger partial charge in [-0.25, -0.2) is 0 Å². The lowest BCUT2D eigenvalue weighted by Crippen LogP contribution is -2.47. The van der Waals surface area contributed by atoms with E-state index in [0.717, 1.165) is 45.4 Å². The van der Waals surface area contributed by atoms with Gasteiger partial charge < -0.3 is 15.4 Å². The van der Waals surface area contributed by atoms with Crippen LogP contribution in [-0.2, 0) is 22.5 Å². The van der Waals surface area contributed by atoms with Crippen LogP contribution in [0.25, 0.3) is 0 Å². The molecule has 4 heteroatoms. The normalized spacial score (nSPS) is 17.6. The van der Waals surface area contributed by atoms with Crippen LogP contribution in [0.15, 0.2) is 24.3 Å². The Morgan fingerprint density at radius 1 is 1.30 bits per heavy atom. The van der Waals surface area contributed by atoms with Gasteiger partial charge >= 0.3 is 0 Å². The van der Waals surface area contributed by atoms with Crippen molar-refractivity contribution >= 4 is 5.91 Å². The predicted octanol–water partition coefficient (Wildman–Crippen LogP) is 1.63. The minimum atomic E-state index is -0.0936. The number of benzene rings is 1. The first-order chi connectivity index (χ1) is 9.81. The zero-order chi connectivity index (χ0) is 14.2. The summed E-state index contributed by atoms with van der Waals surface area (Å²) in [5.41, 5.74) is 2.59. The summed E-state index contributed by atoms with van der Waals surface area (Å²) in [6.07, 6.45) is 3.95. The molecule has 1 heterocycles. The number of amides is 1. The maximum absolute atomic E-state index is 12.1. The molecule has 1 aliphatic heterocycles. The molecular weight excluding hydrogens is 252 g/mol. The van der Waals surface area contributed by atoms with Gasteiger partial charge in [-0.2, -0.15) is 0 Å². The van der Waals surface area contributed by atoms with E-state index in [-0.39, 0.29) is 11.9 Å². The van der Waals surface area contributed by atoms with E-state index in [0.29, 0.717) is 0 Å². The highest BCUT2D eigenvalue weighted by molar-refractivity contribution is 5.82. The quantitative estimate of drug-likeness (QED) is 0.744. The van der Waals surface area contributed by atoms with Gasteiger partial charge in [0.15, 0.2) is 0 Å². The summed E-state index contributed by atoms with van der Waals surface area (Å²) in [4.78, 5) is 12.1. The Kier molecular flexibility index (Phi) is 6.02. The number of hydrogen-bond donors (Lipinski definition) is 2. The van der Waals surface area contributed by atoms with Gasteiger partial charge in [-0.3, -0.25) is 4.79 Å². The molecule has 1 unspecified atom stereocenters. The minimum absolute atomic E-state index is 0.0936. The molecular formula is C16H24N2O2. The van der Waals surface area contributed by atoms with Crippen molar-refractivity contribution in [1.29, 1.82) is 0 Å². The van der Waals surface area contributed by atoms with E-state index < -0.39 is 0 Å². The highest BCUT2D eigenvalue weighted by Gasteiger charge is 2.23. The molecule has 1 amide bonds. The summed E-state index contributed by atoms with van der Waals surface area (Å²) in [5.74, 6) is 0.117. The summed E-state index contributed by atoms with van der Waals surface area (Å²) >= 11 is 0. The number of nitrogens with one attached hydrogen (secondary N) is 2. The third kappa shape index (κ3) is 4.32. The molecule has 0 aliphatic carbocycles. The second kappa shape index (κ2) is 8.02. The van der Waals surface area contributed by atoms with Crippen LogP contribution in [0.1, 0.15) is 30.4 Å². The number of rotatable bonds is 7. The van der Waals surface area contributed by atoms with Crippen molar-refractivity contribution in [2.75, 3.05) is 20.3 Å². The summed E-state index contributed by atoms with van der Waals surface area (Å²) in [7, 11) is 1.72. The van der Waals surface area contributed by atoms with Gasteiger partial charge in [-0.05, 0) is 36.8 Å².